The smallest absolute Gasteiger partial charge is 0.0623 e. The molecule has 0 bridgehead atoms. The van der Waals surface area contributed by atoms with Crippen molar-refractivity contribution in [2.45, 2.75) is 68.6 Å². The fourth-order valence-corrected chi connectivity index (χ4v) is 2.94. The van der Waals surface area contributed by atoms with Crippen molar-refractivity contribution in [1.82, 2.24) is 0 Å². The minimum absolute atomic E-state index is 0. The monoisotopic (exact) mass is 336 g/mol. The van der Waals surface area contributed by atoms with Gasteiger partial charge in [0.05, 0.1) is 0 Å². The maximum absolute atomic E-state index is 10.3. The summed E-state index contributed by atoms with van der Waals surface area (Å²) in [6, 6.07) is 8.33. The minimum Gasteiger partial charge on any atom is -0.872 e. The fourth-order valence-electron chi connectivity index (χ4n) is 1.26. The van der Waals surface area contributed by atoms with Gasteiger partial charge in [0.2, 0.25) is 0 Å². The van der Waals surface area contributed by atoms with Gasteiger partial charge in [-0.3, -0.25) is 0 Å². The van der Waals surface area contributed by atoms with Crippen LogP contribution in [0.2, 0.25) is 21.1 Å². The van der Waals surface area contributed by atoms with Crippen LogP contribution in [0.3, 0.4) is 0 Å². The molecule has 124 valence electrons. The first-order chi connectivity index (χ1) is 10.6. The van der Waals surface area contributed by atoms with Gasteiger partial charge in [0.25, 0.3) is 0 Å². The first kappa shape index (κ1) is 26.9. The number of benzene rings is 1. The molecule has 0 fully saturated rings. The third kappa shape index (κ3) is 36.9. The Morgan fingerprint density at radius 2 is 1.18 bits per heavy atom. The standard InChI is InChI=1S/C6H6O.2C3H7.C2H5O.2C2H5.2Al/c7-6-4-2-1-3-5-6;2*1-3-2;1-2-3;2*1-2;;/h1-5,7H;2*1,3H2,2H3;2H2,1H3;2*1H2,2H3;;/q;;;-1;;;2*+1/p-1. The van der Waals surface area contributed by atoms with Crippen molar-refractivity contribution in [3.63, 3.8) is 0 Å². The van der Waals surface area contributed by atoms with Crippen LogP contribution in [0, 0.1) is 0 Å². The molecule has 0 aliphatic heterocycles. The van der Waals surface area contributed by atoms with E-state index < -0.39 is 0 Å². The van der Waals surface area contributed by atoms with Gasteiger partial charge in [-0.25, -0.2) is 0 Å². The SMILES string of the molecule is CC[CH2][Al+][CH2]CC.CC[O-].C[CH2][Al+][CH2]C.[O-]c1ccccc1. The van der Waals surface area contributed by atoms with Crippen molar-refractivity contribution in [3.8, 4) is 5.75 Å². The molecule has 1 aromatic rings. The molecule has 1 aromatic carbocycles. The van der Waals surface area contributed by atoms with Crippen LogP contribution in [-0.4, -0.2) is 37.0 Å². The number of hydrogen-bond acceptors (Lipinski definition) is 2. The predicted octanol–water partition coefficient (Wildman–Crippen LogP) is 4.04. The van der Waals surface area contributed by atoms with Gasteiger partial charge in [-0.2, -0.15) is 0 Å². The summed E-state index contributed by atoms with van der Waals surface area (Å²) in [6.07, 6.45) is 2.80. The summed E-state index contributed by atoms with van der Waals surface area (Å²) in [6.45, 7) is 10.6. The average molecular weight is 336 g/mol. The van der Waals surface area contributed by atoms with E-state index in [1.165, 1.54) is 46.1 Å². The summed E-state index contributed by atoms with van der Waals surface area (Å²) in [5, 5.41) is 25.1. The van der Waals surface area contributed by atoms with Crippen LogP contribution < -0.4 is 10.2 Å². The first-order valence-electron chi connectivity index (χ1n) is 8.57. The number of para-hydroxylation sites is 1. The van der Waals surface area contributed by atoms with Crippen molar-refractivity contribution in [3.05, 3.63) is 30.3 Å². The van der Waals surface area contributed by atoms with E-state index in [9.17, 15) is 5.11 Å². The van der Waals surface area contributed by atoms with Crippen molar-refractivity contribution < 1.29 is 10.2 Å². The van der Waals surface area contributed by atoms with E-state index in [4.69, 9.17) is 5.11 Å². The normalized spacial score (nSPS) is 7.73. The summed E-state index contributed by atoms with van der Waals surface area (Å²) in [5.41, 5.74) is 0. The van der Waals surface area contributed by atoms with Gasteiger partial charge in [-0.15, -0.1) is 12.4 Å². The van der Waals surface area contributed by atoms with Crippen LogP contribution >= 0.6 is 0 Å². The molecule has 0 unspecified atom stereocenters. The molecule has 0 amide bonds. The number of rotatable bonds is 6. The molecule has 4 heteroatoms. The van der Waals surface area contributed by atoms with E-state index in [1.807, 2.05) is 6.07 Å². The van der Waals surface area contributed by atoms with E-state index in [1.54, 1.807) is 19.1 Å². The van der Waals surface area contributed by atoms with Crippen molar-refractivity contribution in [1.29, 1.82) is 0 Å². The zero-order valence-corrected chi connectivity index (χ0v) is 17.6. The zero-order chi connectivity index (χ0) is 17.5. The molecule has 0 saturated carbocycles. The molecule has 0 saturated heterocycles. The summed E-state index contributed by atoms with van der Waals surface area (Å²) in [4.78, 5) is 0. The summed E-state index contributed by atoms with van der Waals surface area (Å²) >= 11 is 1.64. The Bertz CT molecular complexity index is 251. The van der Waals surface area contributed by atoms with Crippen molar-refractivity contribution >= 4 is 30.4 Å². The van der Waals surface area contributed by atoms with Crippen molar-refractivity contribution in [2.75, 3.05) is 6.61 Å². The molecule has 1 rings (SSSR count). The molecule has 0 atom stereocenters. The van der Waals surface area contributed by atoms with Crippen LogP contribution in [-0.2, 0) is 0 Å². The van der Waals surface area contributed by atoms with E-state index in [-0.39, 0.29) is 12.4 Å². The maximum atomic E-state index is 10.3. The quantitative estimate of drug-likeness (QED) is 0.581. The number of hydrogen-bond donors (Lipinski definition) is 0. The van der Waals surface area contributed by atoms with Gasteiger partial charge in [0, 0.05) is 0 Å². The van der Waals surface area contributed by atoms with Crippen LogP contribution in [0.15, 0.2) is 30.3 Å². The molecule has 22 heavy (non-hydrogen) atoms. The molecular formula is C18H34Al2O2. The third-order valence-corrected chi connectivity index (χ3v) is 5.43. The molecule has 0 heterocycles. The third-order valence-electron chi connectivity index (χ3n) is 2.31. The first-order valence-corrected chi connectivity index (χ1v) is 11.8. The topological polar surface area (TPSA) is 46.1 Å². The summed E-state index contributed by atoms with van der Waals surface area (Å²) in [5.74, 6) is 0.0718. The van der Waals surface area contributed by atoms with Crippen molar-refractivity contribution in [2.24, 2.45) is 0 Å². The predicted molar refractivity (Wildman–Crippen MR) is 99.1 cm³/mol. The Morgan fingerprint density at radius 3 is 1.36 bits per heavy atom. The molecule has 2 nitrogen and oxygen atoms in total. The Hall–Kier alpha value is 0.0449. The van der Waals surface area contributed by atoms with E-state index in [2.05, 4.69) is 27.7 Å². The molecular weight excluding hydrogens is 302 g/mol. The second kappa shape index (κ2) is 29.1. The van der Waals surface area contributed by atoms with Gasteiger partial charge < -0.3 is 10.2 Å². The van der Waals surface area contributed by atoms with Gasteiger partial charge in [0.15, 0.2) is 0 Å². The molecule has 0 N–H and O–H groups in total. The maximum Gasteiger partial charge on any atom is -0.0623 e. The summed E-state index contributed by atoms with van der Waals surface area (Å²) in [7, 11) is 0. The van der Waals surface area contributed by atoms with Crippen LogP contribution in [0.1, 0.15) is 47.5 Å². The Labute approximate surface area is 151 Å². The Kier molecular flexibility index (Phi) is 35.6. The van der Waals surface area contributed by atoms with Gasteiger partial charge in [0.1, 0.15) is 0 Å². The van der Waals surface area contributed by atoms with Gasteiger partial charge in [-0.1, -0.05) is 37.3 Å². The molecule has 0 aliphatic carbocycles. The van der Waals surface area contributed by atoms with Crippen LogP contribution in [0.5, 0.6) is 5.75 Å². The van der Waals surface area contributed by atoms with E-state index in [0.717, 1.165) is 30.4 Å². The second-order valence-electron chi connectivity index (χ2n) is 4.57. The van der Waals surface area contributed by atoms with Gasteiger partial charge in [-0.05, 0) is 0 Å². The van der Waals surface area contributed by atoms with Gasteiger partial charge >= 0.3 is 92.1 Å². The minimum atomic E-state index is 0. The Morgan fingerprint density at radius 1 is 0.773 bits per heavy atom. The molecule has 0 radical (unpaired) electrons. The second-order valence-corrected chi connectivity index (χ2v) is 8.52. The fraction of sp³-hybridized carbons (Fsp3) is 0.667. The molecule has 0 aromatic heterocycles. The van der Waals surface area contributed by atoms with Crippen LogP contribution in [0.4, 0.5) is 0 Å². The van der Waals surface area contributed by atoms with E-state index in [0.29, 0.717) is 0 Å². The largest absolute Gasteiger partial charge is 0.872 e. The molecule has 0 spiro atoms. The summed E-state index contributed by atoms with van der Waals surface area (Å²) < 4.78 is 0. The van der Waals surface area contributed by atoms with E-state index >= 15 is 0 Å². The Balaban J connectivity index is -0.000000229. The average Bonchev–Trinajstić information content (AvgIpc) is 2.51. The molecule has 0 aliphatic rings. The van der Waals surface area contributed by atoms with Crippen LogP contribution in [0.25, 0.3) is 0 Å². The zero-order valence-electron chi connectivity index (χ0n) is 15.3.